The van der Waals surface area contributed by atoms with Crippen LogP contribution in [-0.4, -0.2) is 17.3 Å². The van der Waals surface area contributed by atoms with E-state index in [0.717, 1.165) is 29.7 Å². The Balaban J connectivity index is 2.17. The highest BCUT2D eigenvalue weighted by Crippen LogP contribution is 2.13. The van der Waals surface area contributed by atoms with E-state index in [-0.39, 0.29) is 17.2 Å². The van der Waals surface area contributed by atoms with Crippen LogP contribution in [0, 0.1) is 22.7 Å². The number of nitrogens with zero attached hydrogens (tertiary/aromatic N) is 3. The van der Waals surface area contributed by atoms with Crippen molar-refractivity contribution < 1.29 is 4.74 Å². The minimum atomic E-state index is -0.214. The van der Waals surface area contributed by atoms with Crippen molar-refractivity contribution in [3.05, 3.63) is 54.4 Å². The van der Waals surface area contributed by atoms with Crippen molar-refractivity contribution in [2.24, 2.45) is 0 Å². The van der Waals surface area contributed by atoms with Crippen molar-refractivity contribution >= 4 is 34.6 Å². The smallest absolute Gasteiger partial charge is 0.269 e. The second-order valence-electron chi connectivity index (χ2n) is 5.62. The molecular weight excluding hydrogens is 358 g/mol. The number of halogens is 1. The van der Waals surface area contributed by atoms with Crippen LogP contribution in [0.15, 0.2) is 29.1 Å². The van der Waals surface area contributed by atoms with Crippen LogP contribution in [-0.2, 0) is 11.3 Å². The van der Waals surface area contributed by atoms with E-state index in [4.69, 9.17) is 16.3 Å². The highest BCUT2D eigenvalue weighted by Gasteiger charge is 2.19. The summed E-state index contributed by atoms with van der Waals surface area (Å²) in [7, 11) is 0. The van der Waals surface area contributed by atoms with E-state index in [9.17, 15) is 15.3 Å². The molecule has 7 heteroatoms. The SMILES string of the molecule is N#CC(C#N)=c1sc(=Cc2ccc(Cl)cc2)c(=O)n1CC1CCCO1. The van der Waals surface area contributed by atoms with Gasteiger partial charge in [-0.1, -0.05) is 23.7 Å². The largest absolute Gasteiger partial charge is 0.376 e. The molecule has 25 heavy (non-hydrogen) atoms. The molecule has 0 saturated carbocycles. The van der Waals surface area contributed by atoms with Gasteiger partial charge in [-0.2, -0.15) is 10.5 Å². The molecule has 0 aliphatic carbocycles. The lowest BCUT2D eigenvalue weighted by molar-refractivity contribution is 0.0959. The number of hydrogen-bond acceptors (Lipinski definition) is 5. The van der Waals surface area contributed by atoms with Gasteiger partial charge < -0.3 is 4.74 Å². The van der Waals surface area contributed by atoms with Gasteiger partial charge in [-0.15, -0.1) is 11.3 Å². The van der Waals surface area contributed by atoms with E-state index < -0.39 is 0 Å². The van der Waals surface area contributed by atoms with Crippen molar-refractivity contribution in [3.63, 3.8) is 0 Å². The number of nitriles is 2. The van der Waals surface area contributed by atoms with Gasteiger partial charge in [0.05, 0.1) is 17.2 Å². The van der Waals surface area contributed by atoms with Gasteiger partial charge in [0.25, 0.3) is 5.56 Å². The zero-order valence-electron chi connectivity index (χ0n) is 13.2. The number of thiazole rings is 1. The second kappa shape index (κ2) is 7.67. The maximum Gasteiger partial charge on any atom is 0.269 e. The first-order chi connectivity index (χ1) is 12.1. The molecule has 1 aromatic carbocycles. The van der Waals surface area contributed by atoms with Crippen LogP contribution in [0.4, 0.5) is 0 Å². The molecular formula is C18H14ClN3O2S. The molecule has 1 aliphatic rings. The summed E-state index contributed by atoms with van der Waals surface area (Å²) >= 11 is 7.03. The first-order valence-corrected chi connectivity index (χ1v) is 8.95. The van der Waals surface area contributed by atoms with Crippen LogP contribution >= 0.6 is 22.9 Å². The Morgan fingerprint density at radius 2 is 2.08 bits per heavy atom. The average molecular weight is 372 g/mol. The molecule has 0 N–H and O–H groups in total. The third-order valence-electron chi connectivity index (χ3n) is 3.92. The van der Waals surface area contributed by atoms with Gasteiger partial charge in [-0.05, 0) is 36.6 Å². The second-order valence-corrected chi connectivity index (χ2v) is 7.08. The topological polar surface area (TPSA) is 78.8 Å². The molecule has 1 saturated heterocycles. The van der Waals surface area contributed by atoms with E-state index in [2.05, 4.69) is 0 Å². The number of rotatable bonds is 3. The predicted octanol–water partition coefficient (Wildman–Crippen LogP) is 1.77. The summed E-state index contributed by atoms with van der Waals surface area (Å²) in [6.45, 7) is 1.03. The lowest BCUT2D eigenvalue weighted by Crippen LogP contribution is -2.35. The fourth-order valence-corrected chi connectivity index (χ4v) is 3.88. The van der Waals surface area contributed by atoms with Crippen molar-refractivity contribution in [2.75, 3.05) is 6.61 Å². The molecule has 5 nitrogen and oxygen atoms in total. The van der Waals surface area contributed by atoms with Crippen LogP contribution in [0.1, 0.15) is 18.4 Å². The molecule has 1 aliphatic heterocycles. The Kier molecular flexibility index (Phi) is 5.35. The Labute approximate surface area is 153 Å². The molecule has 2 heterocycles. The van der Waals surface area contributed by atoms with Gasteiger partial charge in [0, 0.05) is 11.6 Å². The molecule has 3 rings (SSSR count). The third-order valence-corrected chi connectivity index (χ3v) is 5.31. The van der Waals surface area contributed by atoms with Crippen LogP contribution in [0.5, 0.6) is 0 Å². The van der Waals surface area contributed by atoms with E-state index in [1.165, 1.54) is 4.57 Å². The summed E-state index contributed by atoms with van der Waals surface area (Å²) in [5, 5.41) is 19.0. The van der Waals surface area contributed by atoms with Crippen molar-refractivity contribution in [1.29, 1.82) is 10.5 Å². The molecule has 1 fully saturated rings. The summed E-state index contributed by atoms with van der Waals surface area (Å²) in [5.41, 5.74) is 0.554. The fraction of sp³-hybridized carbons (Fsp3) is 0.278. The molecule has 0 spiro atoms. The molecule has 1 aromatic heterocycles. The summed E-state index contributed by atoms with van der Waals surface area (Å²) < 4.78 is 7.94. The monoisotopic (exact) mass is 371 g/mol. The van der Waals surface area contributed by atoms with Crippen LogP contribution in [0.25, 0.3) is 11.6 Å². The fourth-order valence-electron chi connectivity index (χ4n) is 2.69. The highest BCUT2D eigenvalue weighted by molar-refractivity contribution is 7.07. The number of ether oxygens (including phenoxy) is 1. The quantitative estimate of drug-likeness (QED) is 0.823. The zero-order chi connectivity index (χ0) is 17.8. The molecule has 1 atom stereocenters. The Bertz CT molecular complexity index is 1020. The van der Waals surface area contributed by atoms with Crippen LogP contribution in [0.2, 0.25) is 5.02 Å². The molecule has 2 aromatic rings. The average Bonchev–Trinajstić information content (AvgIpc) is 3.23. The van der Waals surface area contributed by atoms with Crippen molar-refractivity contribution in [3.8, 4) is 12.1 Å². The van der Waals surface area contributed by atoms with Gasteiger partial charge >= 0.3 is 0 Å². The number of aromatic nitrogens is 1. The highest BCUT2D eigenvalue weighted by atomic mass is 35.5. The van der Waals surface area contributed by atoms with E-state index in [0.29, 0.717) is 27.4 Å². The first-order valence-electron chi connectivity index (χ1n) is 7.75. The minimum Gasteiger partial charge on any atom is -0.376 e. The lowest BCUT2D eigenvalue weighted by atomic mass is 10.2. The van der Waals surface area contributed by atoms with Crippen LogP contribution in [0.3, 0.4) is 0 Å². The summed E-state index contributed by atoms with van der Waals surface area (Å²) in [4.78, 5) is 12.8. The lowest BCUT2D eigenvalue weighted by Gasteiger charge is -2.09. The van der Waals surface area contributed by atoms with Crippen LogP contribution < -0.4 is 14.8 Å². The summed E-state index contributed by atoms with van der Waals surface area (Å²) in [6.07, 6.45) is 3.50. The summed E-state index contributed by atoms with van der Waals surface area (Å²) in [5.74, 6) is 0. The minimum absolute atomic E-state index is 0.0594. The van der Waals surface area contributed by atoms with Gasteiger partial charge in [0.2, 0.25) is 0 Å². The molecule has 126 valence electrons. The normalized spacial score (nSPS) is 17.2. The van der Waals surface area contributed by atoms with Gasteiger partial charge in [0.15, 0.2) is 5.57 Å². The summed E-state index contributed by atoms with van der Waals surface area (Å²) in [6, 6.07) is 10.9. The van der Waals surface area contributed by atoms with Crippen molar-refractivity contribution in [1.82, 2.24) is 4.57 Å². The maximum absolute atomic E-state index is 12.8. The maximum atomic E-state index is 12.8. The van der Waals surface area contributed by atoms with E-state index in [1.54, 1.807) is 18.2 Å². The Morgan fingerprint density at radius 1 is 1.36 bits per heavy atom. The van der Waals surface area contributed by atoms with E-state index in [1.807, 2.05) is 24.3 Å². The van der Waals surface area contributed by atoms with Gasteiger partial charge in [-0.3, -0.25) is 9.36 Å². The number of hydrogen-bond donors (Lipinski definition) is 0. The Morgan fingerprint density at radius 3 is 2.68 bits per heavy atom. The van der Waals surface area contributed by atoms with E-state index >= 15 is 0 Å². The molecule has 0 bridgehead atoms. The molecule has 0 radical (unpaired) electrons. The third kappa shape index (κ3) is 3.83. The van der Waals surface area contributed by atoms with Gasteiger partial charge in [-0.25, -0.2) is 0 Å². The predicted molar refractivity (Wildman–Crippen MR) is 96.5 cm³/mol. The Hall–Kier alpha value is -2.38. The molecule has 0 amide bonds. The molecule has 1 unspecified atom stereocenters. The standard InChI is InChI=1S/C18H14ClN3O2S/c19-14-5-3-12(4-6-14)8-16-17(23)22(11-15-2-1-7-24-15)18(25-16)13(9-20)10-21/h3-6,8,15H,1-2,7,11H2. The van der Waals surface area contributed by atoms with Crippen molar-refractivity contribution in [2.45, 2.75) is 25.5 Å². The first kappa shape index (κ1) is 17.4. The zero-order valence-corrected chi connectivity index (χ0v) is 14.8. The van der Waals surface area contributed by atoms with Gasteiger partial charge in [0.1, 0.15) is 16.8 Å². The number of benzene rings is 1.